The summed E-state index contributed by atoms with van der Waals surface area (Å²) < 4.78 is 33.2. The van der Waals surface area contributed by atoms with Crippen LogP contribution >= 0.6 is 11.6 Å². The van der Waals surface area contributed by atoms with Crippen LogP contribution in [0.4, 0.5) is 11.4 Å². The fourth-order valence-electron chi connectivity index (χ4n) is 3.68. The molecule has 1 aromatic heterocycles. The van der Waals surface area contributed by atoms with Gasteiger partial charge in [-0.05, 0) is 55.3 Å². The summed E-state index contributed by atoms with van der Waals surface area (Å²) in [4.78, 5) is 6.62. The minimum Gasteiger partial charge on any atom is -0.376 e. The number of anilines is 2. The third kappa shape index (κ3) is 4.90. The number of halogens is 1. The van der Waals surface area contributed by atoms with E-state index >= 15 is 0 Å². The van der Waals surface area contributed by atoms with Gasteiger partial charge in [0.25, 0.3) is 0 Å². The number of sulfonamides is 1. The lowest BCUT2D eigenvalue weighted by Gasteiger charge is -2.26. The SMILES string of the molecule is CN(C)c1ccc(S(=O)(=O)N2CCCCC2)cc1NCc1nc(-c2ccc(Cl)cc2)no1. The van der Waals surface area contributed by atoms with Crippen LogP contribution in [0.15, 0.2) is 51.9 Å². The Morgan fingerprint density at radius 1 is 1.09 bits per heavy atom. The van der Waals surface area contributed by atoms with Crippen LogP contribution in [0.2, 0.25) is 5.02 Å². The Hall–Kier alpha value is -2.62. The van der Waals surface area contributed by atoms with Gasteiger partial charge in [-0.2, -0.15) is 9.29 Å². The highest BCUT2D eigenvalue weighted by molar-refractivity contribution is 7.89. The van der Waals surface area contributed by atoms with Gasteiger partial charge in [-0.3, -0.25) is 0 Å². The van der Waals surface area contributed by atoms with Crippen molar-refractivity contribution in [3.63, 3.8) is 0 Å². The third-order valence-corrected chi connectivity index (χ3v) is 7.55. The molecule has 1 aliphatic rings. The molecule has 0 saturated carbocycles. The minimum absolute atomic E-state index is 0.259. The molecule has 0 spiro atoms. The second-order valence-corrected chi connectivity index (χ2v) is 10.3. The van der Waals surface area contributed by atoms with Crippen LogP contribution in [0.1, 0.15) is 25.2 Å². The number of benzene rings is 2. The van der Waals surface area contributed by atoms with Gasteiger partial charge in [0.2, 0.25) is 21.7 Å². The van der Waals surface area contributed by atoms with Gasteiger partial charge in [0, 0.05) is 37.8 Å². The molecule has 1 saturated heterocycles. The summed E-state index contributed by atoms with van der Waals surface area (Å²) in [5, 5.41) is 7.91. The fraction of sp³-hybridized carbons (Fsp3) is 0.364. The monoisotopic (exact) mass is 475 g/mol. The Labute approximate surface area is 193 Å². The third-order valence-electron chi connectivity index (χ3n) is 5.40. The average Bonchev–Trinajstić information content (AvgIpc) is 3.27. The molecule has 2 heterocycles. The maximum atomic E-state index is 13.1. The van der Waals surface area contributed by atoms with E-state index in [1.165, 1.54) is 0 Å². The van der Waals surface area contributed by atoms with Gasteiger partial charge >= 0.3 is 0 Å². The van der Waals surface area contributed by atoms with Crippen LogP contribution in [0.25, 0.3) is 11.4 Å². The van der Waals surface area contributed by atoms with Gasteiger partial charge in [0.05, 0.1) is 22.8 Å². The van der Waals surface area contributed by atoms with E-state index in [1.807, 2.05) is 37.2 Å². The first-order valence-corrected chi connectivity index (χ1v) is 12.3. The molecule has 0 aliphatic carbocycles. The first kappa shape index (κ1) is 22.6. The van der Waals surface area contributed by atoms with Crippen LogP contribution in [-0.2, 0) is 16.6 Å². The Kier molecular flexibility index (Phi) is 6.68. The molecule has 8 nitrogen and oxygen atoms in total. The molecule has 170 valence electrons. The maximum absolute atomic E-state index is 13.1. The average molecular weight is 476 g/mol. The molecule has 32 heavy (non-hydrogen) atoms. The fourth-order valence-corrected chi connectivity index (χ4v) is 5.35. The second-order valence-electron chi connectivity index (χ2n) is 7.91. The van der Waals surface area contributed by atoms with Crippen LogP contribution in [0, 0.1) is 0 Å². The Morgan fingerprint density at radius 2 is 1.81 bits per heavy atom. The number of nitrogens with one attached hydrogen (secondary N) is 1. The topological polar surface area (TPSA) is 91.6 Å². The van der Waals surface area contributed by atoms with Gasteiger partial charge < -0.3 is 14.7 Å². The summed E-state index contributed by atoms with van der Waals surface area (Å²) in [5.41, 5.74) is 2.34. The van der Waals surface area contributed by atoms with Gasteiger partial charge in [-0.1, -0.05) is 23.2 Å². The Balaban J connectivity index is 1.55. The van der Waals surface area contributed by atoms with E-state index in [-0.39, 0.29) is 11.4 Å². The van der Waals surface area contributed by atoms with Crippen molar-refractivity contribution in [2.45, 2.75) is 30.7 Å². The van der Waals surface area contributed by atoms with Gasteiger partial charge in [-0.15, -0.1) is 0 Å². The zero-order valence-electron chi connectivity index (χ0n) is 18.1. The smallest absolute Gasteiger partial charge is 0.246 e. The number of rotatable bonds is 7. The van der Waals surface area contributed by atoms with Crippen LogP contribution < -0.4 is 10.2 Å². The summed E-state index contributed by atoms with van der Waals surface area (Å²) in [6, 6.07) is 12.3. The highest BCUT2D eigenvalue weighted by Gasteiger charge is 2.26. The highest BCUT2D eigenvalue weighted by atomic mass is 35.5. The summed E-state index contributed by atoms with van der Waals surface area (Å²) in [7, 11) is 0.282. The number of hydrogen-bond donors (Lipinski definition) is 1. The summed E-state index contributed by atoms with van der Waals surface area (Å²) >= 11 is 5.93. The molecule has 1 fully saturated rings. The summed E-state index contributed by atoms with van der Waals surface area (Å²) in [5.74, 6) is 0.858. The van der Waals surface area contributed by atoms with E-state index in [0.29, 0.717) is 35.5 Å². The molecule has 0 atom stereocenters. The van der Waals surface area contributed by atoms with Crippen LogP contribution in [0.3, 0.4) is 0 Å². The predicted octanol–water partition coefficient (Wildman–Crippen LogP) is 4.24. The quantitative estimate of drug-likeness (QED) is 0.546. The van der Waals surface area contributed by atoms with Gasteiger partial charge in [-0.25, -0.2) is 8.42 Å². The first-order valence-electron chi connectivity index (χ1n) is 10.5. The van der Waals surface area contributed by atoms with Crippen molar-refractivity contribution in [3.8, 4) is 11.4 Å². The molecule has 0 radical (unpaired) electrons. The van der Waals surface area contributed by atoms with Gasteiger partial charge in [0.15, 0.2) is 0 Å². The van der Waals surface area contributed by atoms with E-state index in [9.17, 15) is 8.42 Å². The van der Waals surface area contributed by atoms with E-state index in [4.69, 9.17) is 16.1 Å². The molecule has 10 heteroatoms. The van der Waals surface area contributed by atoms with Crippen molar-refractivity contribution in [1.29, 1.82) is 0 Å². The number of hydrogen-bond acceptors (Lipinski definition) is 7. The zero-order valence-corrected chi connectivity index (χ0v) is 19.7. The standard InChI is InChI=1S/C22H26ClN5O3S/c1-27(2)20-11-10-18(32(29,30)28-12-4-3-5-13-28)14-19(20)24-15-21-25-22(26-31-21)16-6-8-17(23)9-7-16/h6-11,14,24H,3-5,12-13,15H2,1-2H3. The number of aromatic nitrogens is 2. The van der Waals surface area contributed by atoms with Crippen LogP contribution in [-0.4, -0.2) is 50.0 Å². The lowest BCUT2D eigenvalue weighted by Crippen LogP contribution is -2.35. The number of nitrogens with zero attached hydrogens (tertiary/aromatic N) is 4. The van der Waals surface area contributed by atoms with E-state index < -0.39 is 10.0 Å². The molecule has 1 N–H and O–H groups in total. The zero-order chi connectivity index (χ0) is 22.7. The predicted molar refractivity (Wildman–Crippen MR) is 125 cm³/mol. The van der Waals surface area contributed by atoms with Crippen LogP contribution in [0.5, 0.6) is 0 Å². The lowest BCUT2D eigenvalue weighted by molar-refractivity contribution is 0.346. The molecule has 1 aliphatic heterocycles. The van der Waals surface area contributed by atoms with Crippen molar-refractivity contribution in [2.75, 3.05) is 37.4 Å². The van der Waals surface area contributed by atoms with E-state index in [0.717, 1.165) is 30.5 Å². The molecular weight excluding hydrogens is 450 g/mol. The van der Waals surface area contributed by atoms with Crippen molar-refractivity contribution < 1.29 is 12.9 Å². The first-order chi connectivity index (χ1) is 15.3. The van der Waals surface area contributed by atoms with Gasteiger partial charge in [0.1, 0.15) is 0 Å². The lowest BCUT2D eigenvalue weighted by atomic mass is 10.2. The minimum atomic E-state index is -3.53. The molecule has 0 bridgehead atoms. The highest BCUT2D eigenvalue weighted by Crippen LogP contribution is 2.30. The molecule has 4 rings (SSSR count). The van der Waals surface area contributed by atoms with E-state index in [1.54, 1.807) is 28.6 Å². The normalized spacial score (nSPS) is 15.0. The number of piperidine rings is 1. The molecular formula is C22H26ClN5O3S. The van der Waals surface area contributed by atoms with Crippen molar-refractivity contribution in [2.24, 2.45) is 0 Å². The Morgan fingerprint density at radius 3 is 2.50 bits per heavy atom. The molecule has 2 aromatic carbocycles. The molecule has 0 amide bonds. The Bertz CT molecular complexity index is 1170. The van der Waals surface area contributed by atoms with Crippen molar-refractivity contribution >= 4 is 33.0 Å². The molecule has 3 aromatic rings. The maximum Gasteiger partial charge on any atom is 0.246 e. The van der Waals surface area contributed by atoms with Crippen molar-refractivity contribution in [3.05, 3.63) is 53.4 Å². The summed E-state index contributed by atoms with van der Waals surface area (Å²) in [6.45, 7) is 1.39. The van der Waals surface area contributed by atoms with Crippen molar-refractivity contribution in [1.82, 2.24) is 14.4 Å². The molecule has 0 unspecified atom stereocenters. The largest absolute Gasteiger partial charge is 0.376 e. The summed E-state index contributed by atoms with van der Waals surface area (Å²) in [6.07, 6.45) is 2.86. The van der Waals surface area contributed by atoms with E-state index in [2.05, 4.69) is 15.5 Å². The second kappa shape index (κ2) is 9.48.